The Morgan fingerprint density at radius 1 is 1.27 bits per heavy atom. The molecule has 0 unspecified atom stereocenters. The van der Waals surface area contributed by atoms with E-state index in [-0.39, 0.29) is 25.4 Å². The summed E-state index contributed by atoms with van der Waals surface area (Å²) in [4.78, 5) is 11.8. The van der Waals surface area contributed by atoms with Gasteiger partial charge in [-0.1, -0.05) is 18.2 Å². The Kier molecular flexibility index (Phi) is 7.17. The number of ether oxygens (including phenoxy) is 2. The maximum atomic E-state index is 12.1. The van der Waals surface area contributed by atoms with Crippen molar-refractivity contribution in [2.24, 2.45) is 0 Å². The van der Waals surface area contributed by atoms with Crippen LogP contribution in [0.4, 0.5) is 13.2 Å². The molecule has 1 heterocycles. The van der Waals surface area contributed by atoms with E-state index in [0.29, 0.717) is 18.0 Å². The maximum Gasteiger partial charge on any atom is 0.522 e. The van der Waals surface area contributed by atoms with Crippen molar-refractivity contribution in [3.05, 3.63) is 53.8 Å². The highest BCUT2D eigenvalue weighted by Crippen LogP contribution is 2.32. The van der Waals surface area contributed by atoms with E-state index < -0.39 is 18.6 Å². The summed E-state index contributed by atoms with van der Waals surface area (Å²) < 4.78 is 47.0. The van der Waals surface area contributed by atoms with E-state index in [1.54, 1.807) is 23.0 Å². The fourth-order valence-electron chi connectivity index (χ4n) is 2.92. The predicted octanol–water partition coefficient (Wildman–Crippen LogP) is 4.13. The molecule has 3 rings (SSSR count). The average molecular weight is 444 g/mol. The van der Waals surface area contributed by atoms with Gasteiger partial charge in [0.2, 0.25) is 5.91 Å². The normalized spacial score (nSPS) is 18.7. The summed E-state index contributed by atoms with van der Waals surface area (Å²) in [5.41, 5.74) is 2.52. The van der Waals surface area contributed by atoms with Crippen molar-refractivity contribution in [2.75, 3.05) is 13.2 Å². The van der Waals surface area contributed by atoms with Gasteiger partial charge in [0.1, 0.15) is 6.61 Å². The molecule has 1 aromatic heterocycles. The molecule has 30 heavy (non-hydrogen) atoms. The number of nitrogens with zero attached hydrogens (tertiary/aromatic N) is 2. The third kappa shape index (κ3) is 6.58. The molecule has 0 bridgehead atoms. The Hall–Kier alpha value is -2.36. The molecule has 6 nitrogen and oxygen atoms in total. The van der Waals surface area contributed by atoms with Crippen LogP contribution in [0.3, 0.4) is 0 Å². The molecule has 10 heteroatoms. The topological polar surface area (TPSA) is 65.4 Å². The summed E-state index contributed by atoms with van der Waals surface area (Å²) in [7, 11) is 0. The van der Waals surface area contributed by atoms with Crippen LogP contribution in [0.2, 0.25) is 5.02 Å². The second-order valence-electron chi connectivity index (χ2n) is 6.94. The fourth-order valence-corrected chi connectivity index (χ4v) is 3.05. The molecule has 0 aliphatic heterocycles. The summed E-state index contributed by atoms with van der Waals surface area (Å²) >= 11 is 5.88. The fraction of sp³-hybridized carbons (Fsp3) is 0.400. The van der Waals surface area contributed by atoms with E-state index in [1.165, 1.54) is 0 Å². The molecular weight excluding hydrogens is 423 g/mol. The van der Waals surface area contributed by atoms with Gasteiger partial charge in [0, 0.05) is 36.2 Å². The van der Waals surface area contributed by atoms with Gasteiger partial charge in [-0.15, -0.1) is 13.2 Å². The summed E-state index contributed by atoms with van der Waals surface area (Å²) in [5.74, 6) is -0.333. The SMILES string of the molecule is C=C(CCNC(=O)CO[C@H]1C[C@@H](OC(F)(F)F)C1)c1cnn(-c2ccc(Cl)cc2)c1. The van der Waals surface area contributed by atoms with Gasteiger partial charge in [-0.25, -0.2) is 4.68 Å². The number of benzene rings is 1. The van der Waals surface area contributed by atoms with Crippen LogP contribution in [0.25, 0.3) is 11.3 Å². The Balaban J connectivity index is 1.33. The number of nitrogens with one attached hydrogen (secondary N) is 1. The number of rotatable bonds is 9. The molecule has 1 fully saturated rings. The zero-order valence-corrected chi connectivity index (χ0v) is 16.7. The lowest BCUT2D eigenvalue weighted by Crippen LogP contribution is -2.42. The molecule has 1 aliphatic rings. The zero-order valence-electron chi connectivity index (χ0n) is 16.0. The molecule has 1 amide bonds. The van der Waals surface area contributed by atoms with Crippen LogP contribution in [0, 0.1) is 0 Å². The second-order valence-corrected chi connectivity index (χ2v) is 7.38. The minimum Gasteiger partial charge on any atom is -0.368 e. The largest absolute Gasteiger partial charge is 0.522 e. The number of hydrogen-bond donors (Lipinski definition) is 1. The lowest BCUT2D eigenvalue weighted by Gasteiger charge is -2.34. The Morgan fingerprint density at radius 2 is 1.97 bits per heavy atom. The maximum absolute atomic E-state index is 12.1. The number of carbonyl (C=O) groups is 1. The van der Waals surface area contributed by atoms with E-state index in [4.69, 9.17) is 16.3 Å². The molecule has 1 aliphatic carbocycles. The lowest BCUT2D eigenvalue weighted by molar-refractivity contribution is -0.357. The highest BCUT2D eigenvalue weighted by atomic mass is 35.5. The highest BCUT2D eigenvalue weighted by Gasteiger charge is 2.40. The van der Waals surface area contributed by atoms with Crippen LogP contribution in [-0.4, -0.2) is 47.4 Å². The van der Waals surface area contributed by atoms with E-state index >= 15 is 0 Å². The van der Waals surface area contributed by atoms with Gasteiger partial charge in [-0.2, -0.15) is 5.10 Å². The summed E-state index contributed by atoms with van der Waals surface area (Å²) in [6, 6.07) is 7.25. The second kappa shape index (κ2) is 9.63. The Labute approximate surface area is 176 Å². The molecule has 1 saturated carbocycles. The first-order chi connectivity index (χ1) is 14.2. The summed E-state index contributed by atoms with van der Waals surface area (Å²) in [6.45, 7) is 4.17. The van der Waals surface area contributed by atoms with Crippen molar-refractivity contribution in [3.8, 4) is 5.69 Å². The molecule has 1 aromatic carbocycles. The molecule has 0 atom stereocenters. The lowest BCUT2D eigenvalue weighted by atomic mass is 9.92. The van der Waals surface area contributed by atoms with Crippen LogP contribution in [0.5, 0.6) is 0 Å². The van der Waals surface area contributed by atoms with Crippen LogP contribution < -0.4 is 5.32 Å². The van der Waals surface area contributed by atoms with Crippen molar-refractivity contribution in [1.29, 1.82) is 0 Å². The van der Waals surface area contributed by atoms with E-state index in [9.17, 15) is 18.0 Å². The smallest absolute Gasteiger partial charge is 0.368 e. The molecule has 0 saturated heterocycles. The van der Waals surface area contributed by atoms with E-state index in [2.05, 4.69) is 21.7 Å². The van der Waals surface area contributed by atoms with Crippen molar-refractivity contribution in [1.82, 2.24) is 15.1 Å². The third-order valence-electron chi connectivity index (χ3n) is 4.63. The Morgan fingerprint density at radius 3 is 2.63 bits per heavy atom. The first kappa shape index (κ1) is 22.3. The molecular formula is C20H21ClF3N3O3. The van der Waals surface area contributed by atoms with E-state index in [0.717, 1.165) is 16.8 Å². The van der Waals surface area contributed by atoms with Crippen LogP contribution in [0.1, 0.15) is 24.8 Å². The quantitative estimate of drug-likeness (QED) is 0.633. The van der Waals surface area contributed by atoms with E-state index in [1.807, 2.05) is 18.3 Å². The van der Waals surface area contributed by atoms with Crippen molar-refractivity contribution in [3.63, 3.8) is 0 Å². The van der Waals surface area contributed by atoms with Crippen LogP contribution in [0.15, 0.2) is 43.2 Å². The van der Waals surface area contributed by atoms with Crippen molar-refractivity contribution < 1.29 is 27.4 Å². The van der Waals surface area contributed by atoms with Gasteiger partial charge in [-0.05, 0) is 36.3 Å². The van der Waals surface area contributed by atoms with Gasteiger partial charge in [0.25, 0.3) is 0 Å². The Bertz CT molecular complexity index is 877. The number of aromatic nitrogens is 2. The van der Waals surface area contributed by atoms with Crippen LogP contribution in [-0.2, 0) is 14.3 Å². The molecule has 2 aromatic rings. The van der Waals surface area contributed by atoms with Gasteiger partial charge < -0.3 is 10.1 Å². The van der Waals surface area contributed by atoms with Gasteiger partial charge in [0.05, 0.1) is 24.1 Å². The predicted molar refractivity (Wildman–Crippen MR) is 105 cm³/mol. The number of halogens is 4. The molecule has 0 radical (unpaired) electrons. The van der Waals surface area contributed by atoms with Crippen LogP contribution >= 0.6 is 11.6 Å². The summed E-state index contributed by atoms with van der Waals surface area (Å²) in [6.07, 6.45) is -1.62. The minimum absolute atomic E-state index is 0.126. The number of amides is 1. The highest BCUT2D eigenvalue weighted by molar-refractivity contribution is 6.30. The van der Waals surface area contributed by atoms with Gasteiger partial charge in [-0.3, -0.25) is 9.53 Å². The zero-order chi connectivity index (χ0) is 21.7. The number of carbonyl (C=O) groups excluding carboxylic acids is 1. The molecule has 1 N–H and O–H groups in total. The summed E-state index contributed by atoms with van der Waals surface area (Å²) in [5, 5.41) is 7.64. The van der Waals surface area contributed by atoms with Crippen molar-refractivity contribution >= 4 is 23.1 Å². The standard InChI is InChI=1S/C20H21ClF3N3O3/c1-13(14-10-26-27(11-14)16-4-2-15(21)3-5-16)6-7-25-19(28)12-29-17-8-18(9-17)30-20(22,23)24/h2-5,10-11,17-18H,1,6-9,12H2,(H,25,28)/t17-,18+. The number of alkyl halides is 3. The molecule has 0 spiro atoms. The number of hydrogen-bond acceptors (Lipinski definition) is 4. The first-order valence-corrected chi connectivity index (χ1v) is 9.69. The third-order valence-corrected chi connectivity index (χ3v) is 4.88. The van der Waals surface area contributed by atoms with Gasteiger partial charge in [0.15, 0.2) is 0 Å². The monoisotopic (exact) mass is 443 g/mol. The average Bonchev–Trinajstić information content (AvgIpc) is 3.13. The minimum atomic E-state index is -4.64. The first-order valence-electron chi connectivity index (χ1n) is 9.31. The van der Waals surface area contributed by atoms with Gasteiger partial charge >= 0.3 is 6.36 Å². The molecule has 162 valence electrons. The van der Waals surface area contributed by atoms with Crippen molar-refractivity contribution in [2.45, 2.75) is 37.8 Å².